The van der Waals surface area contributed by atoms with Gasteiger partial charge in [-0.25, -0.2) is 0 Å². The molecule has 1 aromatic rings. The van der Waals surface area contributed by atoms with Crippen molar-refractivity contribution in [3.63, 3.8) is 0 Å². The quantitative estimate of drug-likeness (QED) is 0.668. The highest BCUT2D eigenvalue weighted by molar-refractivity contribution is 5.96. The van der Waals surface area contributed by atoms with Crippen LogP contribution < -0.4 is 5.32 Å². The lowest BCUT2D eigenvalue weighted by molar-refractivity contribution is -0.384. The molecule has 0 aromatic heterocycles. The molecule has 114 valence electrons. The van der Waals surface area contributed by atoms with Gasteiger partial charge in [0.1, 0.15) is 5.69 Å². The molecule has 1 aromatic carbocycles. The van der Waals surface area contributed by atoms with Crippen LogP contribution in [0.1, 0.15) is 36.5 Å². The number of nitrogens with one attached hydrogen (secondary N) is 1. The Bertz CT molecular complexity index is 545. The standard InChI is InChI=1S/C15H21N3O3/c1-3-4-11-7-8-17(10-11)15(19)12-5-6-13(16-2)14(9-12)18(20)21/h5-6,9,11,16H,3-4,7-8,10H2,1-2H3. The van der Waals surface area contributed by atoms with Crippen molar-refractivity contribution in [2.75, 3.05) is 25.5 Å². The van der Waals surface area contributed by atoms with Crippen molar-refractivity contribution < 1.29 is 9.72 Å². The summed E-state index contributed by atoms with van der Waals surface area (Å²) in [5.41, 5.74) is 0.743. The molecule has 1 aliphatic heterocycles. The molecule has 1 aliphatic rings. The number of hydrogen-bond donors (Lipinski definition) is 1. The van der Waals surface area contributed by atoms with Crippen LogP contribution in [0.5, 0.6) is 0 Å². The molecule has 0 radical (unpaired) electrons. The second-order valence-electron chi connectivity index (χ2n) is 5.43. The molecule has 1 amide bonds. The fraction of sp³-hybridized carbons (Fsp3) is 0.533. The molecule has 1 fully saturated rings. The molecular formula is C15H21N3O3. The van der Waals surface area contributed by atoms with Crippen LogP contribution in [-0.2, 0) is 0 Å². The van der Waals surface area contributed by atoms with Gasteiger partial charge in [0.25, 0.3) is 11.6 Å². The van der Waals surface area contributed by atoms with Crippen molar-refractivity contribution >= 4 is 17.3 Å². The molecular weight excluding hydrogens is 270 g/mol. The van der Waals surface area contributed by atoms with Gasteiger partial charge in [-0.15, -0.1) is 0 Å². The zero-order valence-corrected chi connectivity index (χ0v) is 12.5. The van der Waals surface area contributed by atoms with Crippen molar-refractivity contribution in [3.05, 3.63) is 33.9 Å². The fourth-order valence-electron chi connectivity index (χ4n) is 2.87. The van der Waals surface area contributed by atoms with Gasteiger partial charge in [0.15, 0.2) is 0 Å². The number of nitro groups is 1. The summed E-state index contributed by atoms with van der Waals surface area (Å²) in [6.45, 7) is 3.64. The van der Waals surface area contributed by atoms with E-state index in [0.29, 0.717) is 17.2 Å². The first-order valence-electron chi connectivity index (χ1n) is 7.32. The van der Waals surface area contributed by atoms with Crippen LogP contribution >= 0.6 is 0 Å². The van der Waals surface area contributed by atoms with E-state index in [0.717, 1.165) is 32.4 Å². The van der Waals surface area contributed by atoms with Crippen LogP contribution in [0.3, 0.4) is 0 Å². The van der Waals surface area contributed by atoms with Crippen molar-refractivity contribution in [2.45, 2.75) is 26.2 Å². The summed E-state index contributed by atoms with van der Waals surface area (Å²) in [7, 11) is 1.62. The monoisotopic (exact) mass is 291 g/mol. The molecule has 0 spiro atoms. The summed E-state index contributed by atoms with van der Waals surface area (Å²) in [5, 5.41) is 13.8. The number of hydrogen-bond acceptors (Lipinski definition) is 4. The second kappa shape index (κ2) is 6.56. The number of carbonyl (C=O) groups excluding carboxylic acids is 1. The zero-order chi connectivity index (χ0) is 15.4. The Morgan fingerprint density at radius 1 is 1.52 bits per heavy atom. The van der Waals surface area contributed by atoms with Gasteiger partial charge >= 0.3 is 0 Å². The van der Waals surface area contributed by atoms with Gasteiger partial charge in [-0.1, -0.05) is 13.3 Å². The summed E-state index contributed by atoms with van der Waals surface area (Å²) in [5.74, 6) is 0.449. The molecule has 6 heteroatoms. The minimum Gasteiger partial charge on any atom is -0.383 e. The first kappa shape index (κ1) is 15.3. The van der Waals surface area contributed by atoms with Gasteiger partial charge in [-0.2, -0.15) is 0 Å². The molecule has 1 heterocycles. The van der Waals surface area contributed by atoms with E-state index in [9.17, 15) is 14.9 Å². The Hall–Kier alpha value is -2.11. The zero-order valence-electron chi connectivity index (χ0n) is 12.5. The summed E-state index contributed by atoms with van der Waals surface area (Å²) in [4.78, 5) is 24.8. The van der Waals surface area contributed by atoms with E-state index < -0.39 is 4.92 Å². The van der Waals surface area contributed by atoms with Crippen LogP contribution in [0.25, 0.3) is 0 Å². The molecule has 0 saturated carbocycles. The topological polar surface area (TPSA) is 75.5 Å². The third-order valence-electron chi connectivity index (χ3n) is 3.98. The first-order chi connectivity index (χ1) is 10.1. The SMILES string of the molecule is CCCC1CCN(C(=O)c2ccc(NC)c([N+](=O)[O-])c2)C1. The van der Waals surface area contributed by atoms with Crippen LogP contribution in [0, 0.1) is 16.0 Å². The minimum atomic E-state index is -0.466. The third-order valence-corrected chi connectivity index (χ3v) is 3.98. The van der Waals surface area contributed by atoms with Crippen molar-refractivity contribution in [1.82, 2.24) is 4.90 Å². The Morgan fingerprint density at radius 3 is 2.90 bits per heavy atom. The van der Waals surface area contributed by atoms with Gasteiger partial charge in [0.2, 0.25) is 0 Å². The highest BCUT2D eigenvalue weighted by Gasteiger charge is 2.27. The number of nitrogens with zero attached hydrogens (tertiary/aromatic N) is 2. The normalized spacial score (nSPS) is 17.8. The molecule has 1 saturated heterocycles. The van der Waals surface area contributed by atoms with Gasteiger partial charge in [0, 0.05) is 31.8 Å². The predicted octanol–water partition coefficient (Wildman–Crippen LogP) is 2.90. The lowest BCUT2D eigenvalue weighted by Crippen LogP contribution is -2.28. The average Bonchev–Trinajstić information content (AvgIpc) is 2.94. The van der Waals surface area contributed by atoms with E-state index in [-0.39, 0.29) is 11.6 Å². The number of amides is 1. The number of benzene rings is 1. The summed E-state index contributed by atoms with van der Waals surface area (Å²) < 4.78 is 0. The Morgan fingerprint density at radius 2 is 2.29 bits per heavy atom. The van der Waals surface area contributed by atoms with E-state index in [1.165, 1.54) is 6.07 Å². The summed E-state index contributed by atoms with van der Waals surface area (Å²) in [6, 6.07) is 4.60. The fourth-order valence-corrected chi connectivity index (χ4v) is 2.87. The van der Waals surface area contributed by atoms with E-state index in [1.54, 1.807) is 24.1 Å². The van der Waals surface area contributed by atoms with Crippen molar-refractivity contribution in [2.24, 2.45) is 5.92 Å². The number of anilines is 1. The average molecular weight is 291 g/mol. The van der Waals surface area contributed by atoms with Crippen LogP contribution in [0.15, 0.2) is 18.2 Å². The van der Waals surface area contributed by atoms with Crippen molar-refractivity contribution in [3.8, 4) is 0 Å². The molecule has 0 bridgehead atoms. The highest BCUT2D eigenvalue weighted by Crippen LogP contribution is 2.27. The van der Waals surface area contributed by atoms with Gasteiger partial charge in [-0.3, -0.25) is 14.9 Å². The second-order valence-corrected chi connectivity index (χ2v) is 5.43. The third kappa shape index (κ3) is 3.32. The number of nitro benzene ring substituents is 1. The van der Waals surface area contributed by atoms with E-state index in [2.05, 4.69) is 12.2 Å². The van der Waals surface area contributed by atoms with Gasteiger partial charge in [-0.05, 0) is 30.9 Å². The smallest absolute Gasteiger partial charge is 0.293 e. The lowest BCUT2D eigenvalue weighted by Gasteiger charge is -2.16. The highest BCUT2D eigenvalue weighted by atomic mass is 16.6. The maximum absolute atomic E-state index is 12.5. The van der Waals surface area contributed by atoms with Gasteiger partial charge < -0.3 is 10.2 Å². The number of carbonyl (C=O) groups is 1. The molecule has 1 unspecified atom stereocenters. The predicted molar refractivity (Wildman–Crippen MR) is 81.6 cm³/mol. The lowest BCUT2D eigenvalue weighted by atomic mass is 10.0. The molecule has 1 atom stereocenters. The van der Waals surface area contributed by atoms with Crippen LogP contribution in [0.2, 0.25) is 0 Å². The molecule has 6 nitrogen and oxygen atoms in total. The first-order valence-corrected chi connectivity index (χ1v) is 7.32. The van der Waals surface area contributed by atoms with Crippen molar-refractivity contribution in [1.29, 1.82) is 0 Å². The van der Waals surface area contributed by atoms with Crippen LogP contribution in [0.4, 0.5) is 11.4 Å². The Labute approximate surface area is 124 Å². The van der Waals surface area contributed by atoms with Gasteiger partial charge in [0.05, 0.1) is 4.92 Å². The molecule has 0 aliphatic carbocycles. The maximum atomic E-state index is 12.5. The summed E-state index contributed by atoms with van der Waals surface area (Å²) >= 11 is 0. The van der Waals surface area contributed by atoms with E-state index in [1.807, 2.05) is 0 Å². The number of rotatable bonds is 5. The van der Waals surface area contributed by atoms with Crippen LogP contribution in [-0.4, -0.2) is 35.9 Å². The molecule has 21 heavy (non-hydrogen) atoms. The summed E-state index contributed by atoms with van der Waals surface area (Å²) in [6.07, 6.45) is 3.27. The molecule has 1 N–H and O–H groups in total. The maximum Gasteiger partial charge on any atom is 0.293 e. The van der Waals surface area contributed by atoms with E-state index >= 15 is 0 Å². The molecule has 2 rings (SSSR count). The van der Waals surface area contributed by atoms with E-state index in [4.69, 9.17) is 0 Å². The Kier molecular flexibility index (Phi) is 4.77. The minimum absolute atomic E-state index is 0.0624. The number of likely N-dealkylation sites (tertiary alicyclic amines) is 1. The Balaban J connectivity index is 2.17. The largest absolute Gasteiger partial charge is 0.383 e.